The first-order valence-corrected chi connectivity index (χ1v) is 8.64. The largest absolute Gasteiger partial charge is 0.481 e. The number of carboxylic acid groups (broad SMARTS) is 1. The molecule has 2 fully saturated rings. The van der Waals surface area contributed by atoms with Gasteiger partial charge in [0, 0.05) is 13.1 Å². The zero-order chi connectivity index (χ0) is 15.3. The maximum absolute atomic E-state index is 12.5. The van der Waals surface area contributed by atoms with E-state index in [2.05, 4.69) is 0 Å². The Labute approximate surface area is 124 Å². The fourth-order valence-electron chi connectivity index (χ4n) is 2.96. The SMILES string of the molecule is CC1CCN(S(=O)(=O)c2ccc(C3(C(=O)O)CC3)cc2)C1. The van der Waals surface area contributed by atoms with Gasteiger partial charge in [0.1, 0.15) is 0 Å². The summed E-state index contributed by atoms with van der Waals surface area (Å²) >= 11 is 0. The number of hydrogen-bond donors (Lipinski definition) is 1. The summed E-state index contributed by atoms with van der Waals surface area (Å²) in [5.41, 5.74) is -0.0893. The van der Waals surface area contributed by atoms with Crippen LogP contribution in [-0.4, -0.2) is 36.9 Å². The van der Waals surface area contributed by atoms with Crippen LogP contribution in [0.15, 0.2) is 29.2 Å². The van der Waals surface area contributed by atoms with Crippen molar-refractivity contribution < 1.29 is 18.3 Å². The number of benzene rings is 1. The van der Waals surface area contributed by atoms with Crippen LogP contribution in [0.2, 0.25) is 0 Å². The first kappa shape index (κ1) is 14.5. The quantitative estimate of drug-likeness (QED) is 0.921. The van der Waals surface area contributed by atoms with E-state index in [-0.39, 0.29) is 4.90 Å². The van der Waals surface area contributed by atoms with Gasteiger partial charge < -0.3 is 5.11 Å². The van der Waals surface area contributed by atoms with Gasteiger partial charge in [-0.3, -0.25) is 4.79 Å². The number of rotatable bonds is 4. The Hall–Kier alpha value is -1.40. The molecule has 1 unspecified atom stereocenters. The number of carbonyl (C=O) groups is 1. The summed E-state index contributed by atoms with van der Waals surface area (Å²) in [6, 6.07) is 6.37. The predicted molar refractivity (Wildman–Crippen MR) is 77.5 cm³/mol. The van der Waals surface area contributed by atoms with E-state index in [1.54, 1.807) is 12.1 Å². The fraction of sp³-hybridized carbons (Fsp3) is 0.533. The van der Waals surface area contributed by atoms with Crippen molar-refractivity contribution in [1.82, 2.24) is 4.31 Å². The fourth-order valence-corrected chi connectivity index (χ4v) is 4.53. The van der Waals surface area contributed by atoms with E-state index >= 15 is 0 Å². The molecule has 3 rings (SSSR count). The minimum absolute atomic E-state index is 0.251. The third kappa shape index (κ3) is 2.36. The highest BCUT2D eigenvalue weighted by Gasteiger charge is 2.51. The van der Waals surface area contributed by atoms with Crippen LogP contribution in [0.25, 0.3) is 0 Å². The van der Waals surface area contributed by atoms with E-state index in [1.165, 1.54) is 16.4 Å². The molecule has 1 atom stereocenters. The number of hydrogen-bond acceptors (Lipinski definition) is 3. The average Bonchev–Trinajstić information content (AvgIpc) is 3.15. The van der Waals surface area contributed by atoms with E-state index in [1.807, 2.05) is 6.92 Å². The third-order valence-electron chi connectivity index (χ3n) is 4.59. The normalized spacial score (nSPS) is 24.9. The lowest BCUT2D eigenvalue weighted by Gasteiger charge is -2.17. The molecule has 0 aromatic heterocycles. The zero-order valence-electron chi connectivity index (χ0n) is 11.9. The number of sulfonamides is 1. The highest BCUT2D eigenvalue weighted by molar-refractivity contribution is 7.89. The van der Waals surface area contributed by atoms with Crippen LogP contribution < -0.4 is 0 Å². The number of nitrogens with zero attached hydrogens (tertiary/aromatic N) is 1. The summed E-state index contributed by atoms with van der Waals surface area (Å²) in [6.07, 6.45) is 2.13. The van der Waals surface area contributed by atoms with Crippen molar-refractivity contribution in [2.24, 2.45) is 5.92 Å². The van der Waals surface area contributed by atoms with Crippen LogP contribution in [0.4, 0.5) is 0 Å². The van der Waals surface area contributed by atoms with Crippen molar-refractivity contribution in [3.63, 3.8) is 0 Å². The molecule has 1 heterocycles. The Morgan fingerprint density at radius 1 is 1.29 bits per heavy atom. The van der Waals surface area contributed by atoms with E-state index in [4.69, 9.17) is 0 Å². The summed E-state index contributed by atoms with van der Waals surface area (Å²) in [7, 11) is -3.45. The van der Waals surface area contributed by atoms with Gasteiger partial charge in [0.05, 0.1) is 10.3 Å². The van der Waals surface area contributed by atoms with Gasteiger partial charge in [-0.05, 0) is 42.9 Å². The lowest BCUT2D eigenvalue weighted by atomic mass is 9.96. The van der Waals surface area contributed by atoms with Crippen LogP contribution in [-0.2, 0) is 20.2 Å². The summed E-state index contributed by atoms with van der Waals surface area (Å²) < 4.78 is 26.5. The Bertz CT molecular complexity index is 661. The van der Waals surface area contributed by atoms with Crippen LogP contribution in [0, 0.1) is 5.92 Å². The van der Waals surface area contributed by atoms with Gasteiger partial charge in [-0.25, -0.2) is 8.42 Å². The van der Waals surface area contributed by atoms with Gasteiger partial charge in [-0.1, -0.05) is 19.1 Å². The van der Waals surface area contributed by atoms with E-state index in [0.717, 1.165) is 6.42 Å². The summed E-state index contributed by atoms with van der Waals surface area (Å²) in [6.45, 7) is 3.16. The Kier molecular flexibility index (Phi) is 3.33. The molecule has 21 heavy (non-hydrogen) atoms. The standard InChI is InChI=1S/C15H19NO4S/c1-11-6-9-16(10-11)21(19,20)13-4-2-12(3-5-13)15(7-8-15)14(17)18/h2-5,11H,6-10H2,1H3,(H,17,18). The first-order chi connectivity index (χ1) is 9.86. The lowest BCUT2D eigenvalue weighted by Crippen LogP contribution is -2.28. The molecule has 1 aliphatic heterocycles. The number of carboxylic acids is 1. The summed E-state index contributed by atoms with van der Waals surface area (Å²) in [4.78, 5) is 11.5. The van der Waals surface area contributed by atoms with Gasteiger partial charge >= 0.3 is 5.97 Å². The highest BCUT2D eigenvalue weighted by Crippen LogP contribution is 2.48. The Morgan fingerprint density at radius 2 is 1.90 bits per heavy atom. The minimum atomic E-state index is -3.45. The second-order valence-corrected chi connectivity index (χ2v) is 8.11. The molecule has 5 nitrogen and oxygen atoms in total. The highest BCUT2D eigenvalue weighted by atomic mass is 32.2. The molecule has 1 saturated carbocycles. The molecule has 1 N–H and O–H groups in total. The molecule has 6 heteroatoms. The number of aliphatic carboxylic acids is 1. The Balaban J connectivity index is 1.86. The zero-order valence-corrected chi connectivity index (χ0v) is 12.8. The van der Waals surface area contributed by atoms with Gasteiger partial charge in [-0.2, -0.15) is 4.31 Å². The van der Waals surface area contributed by atoms with Gasteiger partial charge in [-0.15, -0.1) is 0 Å². The predicted octanol–water partition coefficient (Wildman–Crippen LogP) is 1.83. The van der Waals surface area contributed by atoms with Crippen molar-refractivity contribution >= 4 is 16.0 Å². The molecule has 114 valence electrons. The van der Waals surface area contributed by atoms with Crippen LogP contribution in [0.5, 0.6) is 0 Å². The molecule has 1 aliphatic carbocycles. The maximum Gasteiger partial charge on any atom is 0.314 e. The minimum Gasteiger partial charge on any atom is -0.481 e. The summed E-state index contributed by atoms with van der Waals surface area (Å²) in [5, 5.41) is 9.26. The lowest BCUT2D eigenvalue weighted by molar-refractivity contribution is -0.140. The third-order valence-corrected chi connectivity index (χ3v) is 6.47. The van der Waals surface area contributed by atoms with E-state index in [9.17, 15) is 18.3 Å². The van der Waals surface area contributed by atoms with E-state index < -0.39 is 21.4 Å². The van der Waals surface area contributed by atoms with Crippen molar-refractivity contribution in [2.45, 2.75) is 36.5 Å². The van der Waals surface area contributed by atoms with Crippen LogP contribution in [0.3, 0.4) is 0 Å². The van der Waals surface area contributed by atoms with Gasteiger partial charge in [0.15, 0.2) is 0 Å². The van der Waals surface area contributed by atoms with Gasteiger partial charge in [0.2, 0.25) is 10.0 Å². The second kappa shape index (κ2) is 4.81. The van der Waals surface area contributed by atoms with Crippen molar-refractivity contribution in [2.75, 3.05) is 13.1 Å². The second-order valence-electron chi connectivity index (χ2n) is 6.17. The molecular weight excluding hydrogens is 290 g/mol. The smallest absolute Gasteiger partial charge is 0.314 e. The van der Waals surface area contributed by atoms with Crippen LogP contribution in [0.1, 0.15) is 31.7 Å². The van der Waals surface area contributed by atoms with Crippen molar-refractivity contribution in [1.29, 1.82) is 0 Å². The van der Waals surface area contributed by atoms with Crippen LogP contribution >= 0.6 is 0 Å². The molecule has 0 spiro atoms. The monoisotopic (exact) mass is 309 g/mol. The molecule has 0 amide bonds. The molecule has 0 bridgehead atoms. The average molecular weight is 309 g/mol. The Morgan fingerprint density at radius 3 is 2.33 bits per heavy atom. The van der Waals surface area contributed by atoms with Gasteiger partial charge in [0.25, 0.3) is 0 Å². The topological polar surface area (TPSA) is 74.7 Å². The molecule has 1 saturated heterocycles. The molecule has 2 aliphatic rings. The first-order valence-electron chi connectivity index (χ1n) is 7.20. The molecular formula is C15H19NO4S. The summed E-state index contributed by atoms with van der Waals surface area (Å²) in [5.74, 6) is -0.438. The van der Waals surface area contributed by atoms with Crippen molar-refractivity contribution in [3.8, 4) is 0 Å². The molecule has 1 aromatic carbocycles. The maximum atomic E-state index is 12.5. The van der Waals surface area contributed by atoms with E-state index in [0.29, 0.717) is 37.4 Å². The molecule has 0 radical (unpaired) electrons. The van der Waals surface area contributed by atoms with Crippen molar-refractivity contribution in [3.05, 3.63) is 29.8 Å². The molecule has 1 aromatic rings.